The van der Waals surface area contributed by atoms with E-state index in [0.717, 1.165) is 16.7 Å². The third-order valence-corrected chi connectivity index (χ3v) is 3.60. The summed E-state index contributed by atoms with van der Waals surface area (Å²) in [6.07, 6.45) is 1.40. The zero-order valence-corrected chi connectivity index (χ0v) is 11.0. The number of carbonyl (C=O) groups excluding carboxylic acids is 2. The van der Waals surface area contributed by atoms with Crippen LogP contribution in [0.4, 0.5) is 4.39 Å². The second-order valence-corrected chi connectivity index (χ2v) is 5.23. The van der Waals surface area contributed by atoms with E-state index in [1.165, 1.54) is 19.1 Å². The van der Waals surface area contributed by atoms with E-state index >= 15 is 0 Å². The van der Waals surface area contributed by atoms with Crippen molar-refractivity contribution in [2.75, 3.05) is 0 Å². The number of thioether (sulfide) groups is 1. The van der Waals surface area contributed by atoms with Gasteiger partial charge in [0.05, 0.1) is 4.91 Å². The van der Waals surface area contributed by atoms with E-state index < -0.39 is 17.6 Å². The lowest BCUT2D eigenvalue weighted by molar-refractivity contribution is -0.135. The summed E-state index contributed by atoms with van der Waals surface area (Å²) >= 11 is 5.93. The number of carbonyl (C=O) groups is 2. The number of rotatable bonds is 1. The molecule has 0 bridgehead atoms. The van der Waals surface area contributed by atoms with Crippen molar-refractivity contribution >= 4 is 46.2 Å². The largest absolute Gasteiger partial charge is 0.274 e. The first-order chi connectivity index (χ1) is 8.50. The van der Waals surface area contributed by atoms with Crippen molar-refractivity contribution in [3.8, 4) is 0 Å². The molecule has 0 N–H and O–H groups in total. The predicted octanol–water partition coefficient (Wildman–Crippen LogP) is 2.57. The Morgan fingerprint density at radius 2 is 2.11 bits per heavy atom. The molecule has 0 unspecified atom stereocenters. The fourth-order valence-corrected chi connectivity index (χ4v) is 2.81. The molecule has 92 valence electrons. The molecule has 1 aromatic rings. The highest BCUT2D eigenvalue weighted by Crippen LogP contribution is 2.32. The van der Waals surface area contributed by atoms with Gasteiger partial charge in [0.1, 0.15) is 5.82 Å². The van der Waals surface area contributed by atoms with Crippen molar-refractivity contribution < 1.29 is 14.0 Å². The second-order valence-electron chi connectivity index (χ2n) is 3.56. The van der Waals surface area contributed by atoms with Crippen LogP contribution in [0.5, 0.6) is 0 Å². The molecule has 1 aliphatic rings. The SMILES string of the molecule is CC(=O)N1C(=O)C(=Cc2ccccc2F)SC1=S. The third kappa shape index (κ3) is 2.34. The van der Waals surface area contributed by atoms with E-state index in [0.29, 0.717) is 5.56 Å². The van der Waals surface area contributed by atoms with E-state index in [-0.39, 0.29) is 9.23 Å². The smallest absolute Gasteiger partial charge is 0.273 e. The van der Waals surface area contributed by atoms with Gasteiger partial charge in [0.2, 0.25) is 5.91 Å². The topological polar surface area (TPSA) is 37.4 Å². The molecule has 6 heteroatoms. The van der Waals surface area contributed by atoms with E-state index in [1.807, 2.05) is 0 Å². The molecule has 1 heterocycles. The summed E-state index contributed by atoms with van der Waals surface area (Å²) in [6, 6.07) is 6.08. The van der Waals surface area contributed by atoms with Gasteiger partial charge in [-0.1, -0.05) is 42.2 Å². The van der Waals surface area contributed by atoms with Gasteiger partial charge in [-0.15, -0.1) is 0 Å². The fraction of sp³-hybridized carbons (Fsp3) is 0.0833. The number of imide groups is 1. The minimum Gasteiger partial charge on any atom is -0.274 e. The van der Waals surface area contributed by atoms with E-state index in [4.69, 9.17) is 12.2 Å². The molecular formula is C12H8FNO2S2. The summed E-state index contributed by atoms with van der Waals surface area (Å²) in [4.78, 5) is 24.3. The van der Waals surface area contributed by atoms with Crippen LogP contribution in [0.2, 0.25) is 0 Å². The van der Waals surface area contributed by atoms with Crippen molar-refractivity contribution in [1.29, 1.82) is 0 Å². The Balaban J connectivity index is 2.37. The van der Waals surface area contributed by atoms with Gasteiger partial charge >= 0.3 is 0 Å². The molecule has 0 spiro atoms. The first kappa shape index (κ1) is 12.9. The molecule has 2 amide bonds. The van der Waals surface area contributed by atoms with Crippen LogP contribution in [0.15, 0.2) is 29.2 Å². The first-order valence-corrected chi connectivity index (χ1v) is 6.26. The molecule has 0 saturated carbocycles. The number of hydrogen-bond acceptors (Lipinski definition) is 4. The Morgan fingerprint density at radius 3 is 2.67 bits per heavy atom. The van der Waals surface area contributed by atoms with Crippen LogP contribution in [-0.4, -0.2) is 21.0 Å². The van der Waals surface area contributed by atoms with Gasteiger partial charge in [-0.25, -0.2) is 9.29 Å². The quantitative estimate of drug-likeness (QED) is 0.585. The maximum absolute atomic E-state index is 13.4. The Labute approximate surface area is 113 Å². The van der Waals surface area contributed by atoms with Crippen LogP contribution in [-0.2, 0) is 9.59 Å². The van der Waals surface area contributed by atoms with Crippen LogP contribution < -0.4 is 0 Å². The molecule has 1 saturated heterocycles. The summed E-state index contributed by atoms with van der Waals surface area (Å²) in [6.45, 7) is 1.26. The predicted molar refractivity (Wildman–Crippen MR) is 72.1 cm³/mol. The molecule has 0 atom stereocenters. The summed E-state index contributed by atoms with van der Waals surface area (Å²) in [5, 5.41) is 0. The van der Waals surface area contributed by atoms with Crippen LogP contribution in [0.25, 0.3) is 6.08 Å². The van der Waals surface area contributed by atoms with Crippen LogP contribution in [0.1, 0.15) is 12.5 Å². The molecule has 0 aromatic heterocycles. The molecule has 3 nitrogen and oxygen atoms in total. The van der Waals surface area contributed by atoms with Crippen molar-refractivity contribution in [3.63, 3.8) is 0 Å². The number of benzene rings is 1. The summed E-state index contributed by atoms with van der Waals surface area (Å²) in [5.41, 5.74) is 0.293. The number of halogens is 1. The van der Waals surface area contributed by atoms with Gasteiger partial charge in [0, 0.05) is 12.5 Å². The van der Waals surface area contributed by atoms with Gasteiger partial charge in [-0.2, -0.15) is 0 Å². The Kier molecular flexibility index (Phi) is 3.58. The van der Waals surface area contributed by atoms with Crippen LogP contribution in [0.3, 0.4) is 0 Å². The Morgan fingerprint density at radius 1 is 1.44 bits per heavy atom. The van der Waals surface area contributed by atoms with Gasteiger partial charge in [-0.3, -0.25) is 9.59 Å². The van der Waals surface area contributed by atoms with E-state index in [9.17, 15) is 14.0 Å². The van der Waals surface area contributed by atoms with E-state index in [2.05, 4.69) is 0 Å². The van der Waals surface area contributed by atoms with Gasteiger partial charge in [0.15, 0.2) is 4.32 Å². The summed E-state index contributed by atoms with van der Waals surface area (Å²) < 4.78 is 13.6. The average Bonchev–Trinajstić information content (AvgIpc) is 2.57. The minimum atomic E-state index is -0.499. The maximum atomic E-state index is 13.4. The summed E-state index contributed by atoms with van der Waals surface area (Å²) in [5.74, 6) is -1.36. The van der Waals surface area contributed by atoms with Crippen molar-refractivity contribution in [2.45, 2.75) is 6.92 Å². The number of thiocarbonyl (C=S) groups is 1. The molecule has 1 aliphatic heterocycles. The molecular weight excluding hydrogens is 273 g/mol. The highest BCUT2D eigenvalue weighted by molar-refractivity contribution is 8.26. The fourth-order valence-electron chi connectivity index (χ4n) is 1.47. The van der Waals surface area contributed by atoms with Gasteiger partial charge < -0.3 is 0 Å². The number of hydrogen-bond donors (Lipinski definition) is 0. The Bertz CT molecular complexity index is 583. The van der Waals surface area contributed by atoms with Crippen molar-refractivity contribution in [2.24, 2.45) is 0 Å². The number of amides is 2. The van der Waals surface area contributed by atoms with Crippen LogP contribution in [0, 0.1) is 5.82 Å². The lowest BCUT2D eigenvalue weighted by Gasteiger charge is -2.07. The molecule has 1 fully saturated rings. The third-order valence-electron chi connectivity index (χ3n) is 2.30. The minimum absolute atomic E-state index is 0.176. The lowest BCUT2D eigenvalue weighted by atomic mass is 10.2. The molecule has 2 rings (SSSR count). The monoisotopic (exact) mass is 281 g/mol. The molecule has 1 aromatic carbocycles. The van der Waals surface area contributed by atoms with Crippen molar-refractivity contribution in [1.82, 2.24) is 4.90 Å². The van der Waals surface area contributed by atoms with Gasteiger partial charge in [-0.05, 0) is 12.1 Å². The maximum Gasteiger partial charge on any atom is 0.273 e. The highest BCUT2D eigenvalue weighted by Gasteiger charge is 2.34. The molecule has 0 radical (unpaired) electrons. The highest BCUT2D eigenvalue weighted by atomic mass is 32.2. The molecule has 0 aliphatic carbocycles. The molecule has 18 heavy (non-hydrogen) atoms. The Hall–Kier alpha value is -1.53. The van der Waals surface area contributed by atoms with Crippen LogP contribution >= 0.6 is 24.0 Å². The standard InChI is InChI=1S/C12H8FNO2S2/c1-7(15)14-11(16)10(18-12(14)17)6-8-4-2-3-5-9(8)13/h2-6H,1H3. The first-order valence-electron chi connectivity index (χ1n) is 5.04. The van der Waals surface area contributed by atoms with Gasteiger partial charge in [0.25, 0.3) is 5.91 Å². The lowest BCUT2D eigenvalue weighted by Crippen LogP contribution is -2.32. The zero-order valence-electron chi connectivity index (χ0n) is 9.34. The summed E-state index contributed by atoms with van der Waals surface area (Å²) in [7, 11) is 0. The average molecular weight is 281 g/mol. The van der Waals surface area contributed by atoms with E-state index in [1.54, 1.807) is 18.2 Å². The second kappa shape index (κ2) is 4.99. The van der Waals surface area contributed by atoms with Crippen molar-refractivity contribution in [3.05, 3.63) is 40.6 Å². The number of nitrogens with zero attached hydrogens (tertiary/aromatic N) is 1. The zero-order chi connectivity index (χ0) is 13.3. The normalized spacial score (nSPS) is 17.7.